The Bertz CT molecular complexity index is 773. The zero-order chi connectivity index (χ0) is 17.5. The van der Waals surface area contributed by atoms with E-state index in [0.29, 0.717) is 4.88 Å². The van der Waals surface area contributed by atoms with Crippen LogP contribution in [0.1, 0.15) is 53.6 Å². The van der Waals surface area contributed by atoms with Crippen LogP contribution in [0, 0.1) is 6.92 Å². The number of hydrogen-bond acceptors (Lipinski definition) is 4. The molecule has 24 heavy (non-hydrogen) atoms. The Balaban J connectivity index is 1.82. The first kappa shape index (κ1) is 17.0. The smallest absolute Gasteiger partial charge is 0.267 e. The number of carbonyl (C=O) groups is 1. The Kier molecular flexibility index (Phi) is 4.38. The Morgan fingerprint density at radius 2 is 2.12 bits per heavy atom. The van der Waals surface area contributed by atoms with Gasteiger partial charge < -0.3 is 10.2 Å². The Morgan fingerprint density at radius 1 is 1.38 bits per heavy atom. The van der Waals surface area contributed by atoms with E-state index in [9.17, 15) is 4.79 Å². The number of hydrogen-bond donors (Lipinski definition) is 1. The summed E-state index contributed by atoms with van der Waals surface area (Å²) in [5.41, 5.74) is 4.22. The average molecular weight is 343 g/mol. The maximum absolute atomic E-state index is 12.7. The number of fused-ring (bicyclic) bond motifs is 1. The van der Waals surface area contributed by atoms with Crippen molar-refractivity contribution in [3.8, 4) is 0 Å². The van der Waals surface area contributed by atoms with Crippen molar-refractivity contribution in [2.24, 2.45) is 0 Å². The summed E-state index contributed by atoms with van der Waals surface area (Å²) < 4.78 is 0. The number of nitrogens with zero attached hydrogens (tertiary/aromatic N) is 2. The highest BCUT2D eigenvalue weighted by molar-refractivity contribution is 7.14. The summed E-state index contributed by atoms with van der Waals surface area (Å²) >= 11 is 1.49. The minimum absolute atomic E-state index is 0.0385. The molecule has 128 valence electrons. The molecule has 2 heterocycles. The van der Waals surface area contributed by atoms with E-state index in [1.807, 2.05) is 13.0 Å². The van der Waals surface area contributed by atoms with Crippen LogP contribution in [0.4, 0.5) is 11.4 Å². The van der Waals surface area contributed by atoms with Gasteiger partial charge in [0.25, 0.3) is 5.91 Å². The van der Waals surface area contributed by atoms with Gasteiger partial charge in [-0.3, -0.25) is 4.79 Å². The van der Waals surface area contributed by atoms with Crippen LogP contribution >= 0.6 is 11.3 Å². The summed E-state index contributed by atoms with van der Waals surface area (Å²) in [7, 11) is 0. The molecule has 1 aliphatic heterocycles. The van der Waals surface area contributed by atoms with Crippen molar-refractivity contribution in [1.82, 2.24) is 4.98 Å². The Labute approximate surface area is 147 Å². The lowest BCUT2D eigenvalue weighted by atomic mass is 9.98. The fourth-order valence-electron chi connectivity index (χ4n) is 2.97. The fraction of sp³-hybridized carbons (Fsp3) is 0.474. The van der Waals surface area contributed by atoms with Gasteiger partial charge in [-0.25, -0.2) is 4.98 Å². The first-order chi connectivity index (χ1) is 11.3. The molecule has 0 saturated carbocycles. The Hall–Kier alpha value is -1.88. The molecule has 1 N–H and O–H groups in total. The topological polar surface area (TPSA) is 45.2 Å². The van der Waals surface area contributed by atoms with Crippen LogP contribution in [0.25, 0.3) is 0 Å². The summed E-state index contributed by atoms with van der Waals surface area (Å²) in [5, 5.41) is 4.04. The second-order valence-electron chi connectivity index (χ2n) is 7.31. The lowest BCUT2D eigenvalue weighted by molar-refractivity contribution is 0.103. The molecule has 1 amide bonds. The maximum atomic E-state index is 12.7. The van der Waals surface area contributed by atoms with Crippen molar-refractivity contribution in [2.45, 2.75) is 46.5 Å². The maximum Gasteiger partial charge on any atom is 0.267 e. The predicted octanol–water partition coefficient (Wildman–Crippen LogP) is 4.38. The lowest BCUT2D eigenvalue weighted by Crippen LogP contribution is -2.19. The number of carbonyl (C=O) groups excluding carboxylic acids is 1. The van der Waals surface area contributed by atoms with Crippen LogP contribution in [0.15, 0.2) is 18.2 Å². The van der Waals surface area contributed by atoms with E-state index >= 15 is 0 Å². The van der Waals surface area contributed by atoms with E-state index in [0.717, 1.165) is 35.9 Å². The third-order valence-corrected chi connectivity index (χ3v) is 5.94. The molecule has 0 fully saturated rings. The highest BCUT2D eigenvalue weighted by Gasteiger charge is 2.24. The fourth-order valence-corrected chi connectivity index (χ4v) is 3.99. The van der Waals surface area contributed by atoms with Crippen LogP contribution in [0.3, 0.4) is 0 Å². The van der Waals surface area contributed by atoms with Gasteiger partial charge in [-0.2, -0.15) is 0 Å². The normalized spacial score (nSPS) is 14.0. The molecular weight excluding hydrogens is 318 g/mol. The highest BCUT2D eigenvalue weighted by Crippen LogP contribution is 2.32. The predicted molar refractivity (Wildman–Crippen MR) is 102 cm³/mol. The number of aryl methyl sites for hydroxylation is 1. The standard InChI is InChI=1S/C19H25N3OS/c1-6-22-10-9-13-7-8-14(11-15(13)22)21-17(23)16-12(2)20-18(24-16)19(3,4)5/h7-8,11H,6,9-10H2,1-5H3,(H,21,23). The van der Waals surface area contributed by atoms with E-state index in [4.69, 9.17) is 0 Å². The van der Waals surface area contributed by atoms with Gasteiger partial charge in [0.2, 0.25) is 0 Å². The molecule has 3 rings (SSSR count). The number of nitrogens with one attached hydrogen (secondary N) is 1. The number of likely N-dealkylation sites (N-methyl/N-ethyl adjacent to an activating group) is 1. The number of aromatic nitrogens is 1. The average Bonchev–Trinajstić information content (AvgIpc) is 3.09. The van der Waals surface area contributed by atoms with Gasteiger partial charge in [0.15, 0.2) is 0 Å². The molecule has 2 aromatic rings. The van der Waals surface area contributed by atoms with Gasteiger partial charge in [-0.15, -0.1) is 11.3 Å². The molecule has 1 aliphatic rings. The van der Waals surface area contributed by atoms with E-state index in [1.165, 1.54) is 22.6 Å². The van der Waals surface area contributed by atoms with Gasteiger partial charge in [-0.05, 0) is 38.0 Å². The molecule has 0 aliphatic carbocycles. The van der Waals surface area contributed by atoms with E-state index < -0.39 is 0 Å². The van der Waals surface area contributed by atoms with E-state index in [-0.39, 0.29) is 11.3 Å². The van der Waals surface area contributed by atoms with Gasteiger partial charge in [-0.1, -0.05) is 26.8 Å². The third kappa shape index (κ3) is 3.18. The molecule has 0 saturated heterocycles. The van der Waals surface area contributed by atoms with Crippen molar-refractivity contribution in [1.29, 1.82) is 0 Å². The summed E-state index contributed by atoms with van der Waals surface area (Å²) in [6.07, 6.45) is 1.08. The minimum Gasteiger partial charge on any atom is -0.371 e. The molecule has 5 heteroatoms. The van der Waals surface area contributed by atoms with Gasteiger partial charge in [0.1, 0.15) is 4.88 Å². The first-order valence-corrected chi connectivity index (χ1v) is 9.28. The van der Waals surface area contributed by atoms with Gasteiger partial charge in [0.05, 0.1) is 10.7 Å². The van der Waals surface area contributed by atoms with Crippen molar-refractivity contribution >= 4 is 28.6 Å². The second kappa shape index (κ2) is 6.20. The van der Waals surface area contributed by atoms with Crippen LogP contribution in [-0.4, -0.2) is 24.0 Å². The Morgan fingerprint density at radius 3 is 2.75 bits per heavy atom. The number of anilines is 2. The summed E-state index contributed by atoms with van der Waals surface area (Å²) in [6.45, 7) is 12.5. The van der Waals surface area contributed by atoms with Crippen molar-refractivity contribution in [2.75, 3.05) is 23.3 Å². The SMILES string of the molecule is CCN1CCc2ccc(NC(=O)c3sc(C(C)(C)C)nc3C)cc21. The zero-order valence-electron chi connectivity index (χ0n) is 15.1. The third-order valence-electron chi connectivity index (χ3n) is 4.36. The number of benzene rings is 1. The summed E-state index contributed by atoms with van der Waals surface area (Å²) in [5.74, 6) is -0.0681. The molecule has 0 bridgehead atoms. The molecule has 0 unspecified atom stereocenters. The van der Waals surface area contributed by atoms with Gasteiger partial charge in [0, 0.05) is 29.9 Å². The van der Waals surface area contributed by atoms with Gasteiger partial charge >= 0.3 is 0 Å². The number of rotatable bonds is 3. The molecule has 0 spiro atoms. The minimum atomic E-state index is -0.0681. The van der Waals surface area contributed by atoms with Crippen molar-refractivity contribution < 1.29 is 4.79 Å². The highest BCUT2D eigenvalue weighted by atomic mass is 32.1. The number of thiazole rings is 1. The van der Waals surface area contributed by atoms with Crippen LogP contribution in [0.5, 0.6) is 0 Å². The van der Waals surface area contributed by atoms with Crippen LogP contribution < -0.4 is 10.2 Å². The molecule has 0 radical (unpaired) electrons. The molecule has 1 aromatic carbocycles. The summed E-state index contributed by atoms with van der Waals surface area (Å²) in [4.78, 5) is 20.3. The van der Waals surface area contributed by atoms with E-state index in [2.05, 4.69) is 55.0 Å². The zero-order valence-corrected chi connectivity index (χ0v) is 15.9. The van der Waals surface area contributed by atoms with Crippen molar-refractivity contribution in [3.63, 3.8) is 0 Å². The van der Waals surface area contributed by atoms with Crippen LogP contribution in [0.2, 0.25) is 0 Å². The quantitative estimate of drug-likeness (QED) is 0.899. The first-order valence-electron chi connectivity index (χ1n) is 8.46. The molecular formula is C19H25N3OS. The molecule has 4 nitrogen and oxygen atoms in total. The van der Waals surface area contributed by atoms with Crippen molar-refractivity contribution in [3.05, 3.63) is 39.3 Å². The number of amides is 1. The molecule has 0 atom stereocenters. The van der Waals surface area contributed by atoms with E-state index in [1.54, 1.807) is 0 Å². The largest absolute Gasteiger partial charge is 0.371 e. The summed E-state index contributed by atoms with van der Waals surface area (Å²) in [6, 6.07) is 6.21. The lowest BCUT2D eigenvalue weighted by Gasteiger charge is -2.17. The molecule has 1 aromatic heterocycles. The second-order valence-corrected chi connectivity index (χ2v) is 8.31. The van der Waals surface area contributed by atoms with Crippen LogP contribution in [-0.2, 0) is 11.8 Å². The monoisotopic (exact) mass is 343 g/mol.